The van der Waals surface area contributed by atoms with Crippen LogP contribution in [0.5, 0.6) is 0 Å². The molecular weight excluding hydrogens is 266 g/mol. The lowest BCUT2D eigenvalue weighted by Gasteiger charge is -2.20. The molecule has 0 unspecified atom stereocenters. The Labute approximate surface area is 104 Å². The van der Waals surface area contributed by atoms with Crippen LogP contribution < -0.4 is 10.2 Å². The number of nitrogens with one attached hydrogen (secondary N) is 1. The quantitative estimate of drug-likeness (QED) is 0.851. The van der Waals surface area contributed by atoms with Crippen molar-refractivity contribution in [1.29, 1.82) is 0 Å². The minimum Gasteiger partial charge on any atom is -0.356 e. The van der Waals surface area contributed by atoms with Crippen LogP contribution in [0.1, 0.15) is 5.56 Å². The van der Waals surface area contributed by atoms with Crippen molar-refractivity contribution < 1.29 is 0 Å². The van der Waals surface area contributed by atoms with E-state index in [0.717, 1.165) is 35.2 Å². The predicted molar refractivity (Wildman–Crippen MR) is 68.7 cm³/mol. The molecular formula is C12H16BrN3. The third-order valence-corrected chi connectivity index (χ3v) is 4.14. The van der Waals surface area contributed by atoms with E-state index in [1.165, 1.54) is 18.7 Å². The molecule has 0 radical (unpaired) electrons. The second kappa shape index (κ2) is 4.00. The highest BCUT2D eigenvalue weighted by molar-refractivity contribution is 9.10. The van der Waals surface area contributed by atoms with Gasteiger partial charge in [-0.15, -0.1) is 0 Å². The minimum absolute atomic E-state index is 0.824. The maximum absolute atomic E-state index is 4.55. The van der Waals surface area contributed by atoms with E-state index >= 15 is 0 Å². The van der Waals surface area contributed by atoms with Gasteiger partial charge < -0.3 is 10.2 Å². The van der Waals surface area contributed by atoms with Gasteiger partial charge in [-0.25, -0.2) is 4.98 Å². The molecule has 3 heterocycles. The van der Waals surface area contributed by atoms with Gasteiger partial charge in [0, 0.05) is 36.8 Å². The largest absolute Gasteiger partial charge is 0.356 e. The fourth-order valence-electron chi connectivity index (χ4n) is 2.89. The number of nitrogens with zero attached hydrogens (tertiary/aromatic N) is 2. The Morgan fingerprint density at radius 1 is 1.38 bits per heavy atom. The maximum atomic E-state index is 4.55. The molecule has 16 heavy (non-hydrogen) atoms. The maximum Gasteiger partial charge on any atom is 0.131 e. The van der Waals surface area contributed by atoms with E-state index < -0.39 is 0 Å². The minimum atomic E-state index is 0.824. The van der Waals surface area contributed by atoms with Crippen LogP contribution in [0.2, 0.25) is 0 Å². The fraction of sp³-hybridized carbons (Fsp3) is 0.583. The first-order valence-corrected chi connectivity index (χ1v) is 6.61. The normalized spacial score (nSPS) is 28.5. The van der Waals surface area contributed by atoms with Crippen molar-refractivity contribution in [3.05, 3.63) is 22.3 Å². The van der Waals surface area contributed by atoms with Crippen molar-refractivity contribution in [2.24, 2.45) is 11.8 Å². The Hall–Kier alpha value is -0.610. The second-order valence-electron chi connectivity index (χ2n) is 4.88. The average molecular weight is 282 g/mol. The molecule has 0 aromatic carbocycles. The van der Waals surface area contributed by atoms with E-state index in [1.54, 1.807) is 0 Å². The number of fused-ring (bicyclic) bond motifs is 1. The zero-order chi connectivity index (χ0) is 11.1. The van der Waals surface area contributed by atoms with Crippen molar-refractivity contribution in [1.82, 2.24) is 10.3 Å². The van der Waals surface area contributed by atoms with Gasteiger partial charge in [-0.05, 0) is 46.3 Å². The number of hydrogen-bond donors (Lipinski definition) is 1. The topological polar surface area (TPSA) is 28.2 Å². The van der Waals surface area contributed by atoms with Crippen LogP contribution in [-0.4, -0.2) is 31.2 Å². The lowest BCUT2D eigenvalue weighted by atomic mass is 10.0. The van der Waals surface area contributed by atoms with Gasteiger partial charge in [-0.3, -0.25) is 0 Å². The summed E-state index contributed by atoms with van der Waals surface area (Å²) in [5.41, 5.74) is 1.27. The van der Waals surface area contributed by atoms with Crippen LogP contribution in [0, 0.1) is 18.8 Å². The number of halogens is 1. The van der Waals surface area contributed by atoms with Crippen LogP contribution in [0.25, 0.3) is 0 Å². The first-order chi connectivity index (χ1) is 7.74. The number of hydrogen-bond acceptors (Lipinski definition) is 3. The third kappa shape index (κ3) is 1.74. The monoisotopic (exact) mass is 281 g/mol. The molecule has 0 amide bonds. The molecule has 0 aliphatic carbocycles. The molecule has 4 heteroatoms. The highest BCUT2D eigenvalue weighted by Gasteiger charge is 2.36. The molecule has 3 nitrogen and oxygen atoms in total. The third-order valence-electron chi connectivity index (χ3n) is 3.71. The van der Waals surface area contributed by atoms with Crippen LogP contribution >= 0.6 is 15.9 Å². The first kappa shape index (κ1) is 10.5. The summed E-state index contributed by atoms with van der Waals surface area (Å²) in [6.45, 7) is 6.81. The Balaban J connectivity index is 1.83. The number of aryl methyl sites for hydroxylation is 1. The summed E-state index contributed by atoms with van der Waals surface area (Å²) < 4.78 is 1.06. The summed E-state index contributed by atoms with van der Waals surface area (Å²) in [7, 11) is 0. The summed E-state index contributed by atoms with van der Waals surface area (Å²) in [5.74, 6) is 2.81. The van der Waals surface area contributed by atoms with Gasteiger partial charge in [0.1, 0.15) is 5.82 Å². The van der Waals surface area contributed by atoms with Gasteiger partial charge in [0.25, 0.3) is 0 Å². The van der Waals surface area contributed by atoms with E-state index in [0.29, 0.717) is 0 Å². The van der Waals surface area contributed by atoms with E-state index in [-0.39, 0.29) is 0 Å². The highest BCUT2D eigenvalue weighted by atomic mass is 79.9. The highest BCUT2D eigenvalue weighted by Crippen LogP contribution is 2.31. The van der Waals surface area contributed by atoms with Crippen molar-refractivity contribution in [2.45, 2.75) is 6.92 Å². The molecule has 1 aromatic rings. The van der Waals surface area contributed by atoms with E-state index in [4.69, 9.17) is 0 Å². The van der Waals surface area contributed by atoms with Crippen LogP contribution in [-0.2, 0) is 0 Å². The van der Waals surface area contributed by atoms with Crippen LogP contribution in [0.3, 0.4) is 0 Å². The molecule has 2 aliphatic heterocycles. The Morgan fingerprint density at radius 2 is 2.06 bits per heavy atom. The number of aromatic nitrogens is 1. The molecule has 2 saturated heterocycles. The van der Waals surface area contributed by atoms with E-state index in [2.05, 4.69) is 44.1 Å². The molecule has 0 bridgehead atoms. The molecule has 86 valence electrons. The van der Waals surface area contributed by atoms with E-state index in [1.807, 2.05) is 6.20 Å². The van der Waals surface area contributed by atoms with Gasteiger partial charge in [0.15, 0.2) is 0 Å². The number of pyridine rings is 1. The standard InChI is InChI=1S/C12H16BrN3/c1-8-2-11(13)5-15-12(8)16-6-9-3-14-4-10(9)7-16/h2,5,9-10,14H,3-4,6-7H2,1H3/t9-,10+. The fourth-order valence-corrected chi connectivity index (χ4v) is 3.34. The molecule has 1 aromatic heterocycles. The van der Waals surface area contributed by atoms with Gasteiger partial charge in [0.2, 0.25) is 0 Å². The van der Waals surface area contributed by atoms with Crippen LogP contribution in [0.15, 0.2) is 16.7 Å². The summed E-state index contributed by atoms with van der Waals surface area (Å²) in [6, 6.07) is 2.15. The second-order valence-corrected chi connectivity index (χ2v) is 5.79. The summed E-state index contributed by atoms with van der Waals surface area (Å²) in [5, 5.41) is 3.47. The van der Waals surface area contributed by atoms with Gasteiger partial charge in [0.05, 0.1) is 0 Å². The smallest absolute Gasteiger partial charge is 0.131 e. The SMILES string of the molecule is Cc1cc(Br)cnc1N1C[C@H]2CNC[C@H]2C1. The summed E-state index contributed by atoms with van der Waals surface area (Å²) >= 11 is 3.46. The molecule has 2 aliphatic rings. The average Bonchev–Trinajstić information content (AvgIpc) is 2.76. The zero-order valence-corrected chi connectivity index (χ0v) is 11.0. The summed E-state index contributed by atoms with van der Waals surface area (Å²) in [6.07, 6.45) is 1.90. The molecule has 1 N–H and O–H groups in total. The van der Waals surface area contributed by atoms with Crippen LogP contribution in [0.4, 0.5) is 5.82 Å². The lowest BCUT2D eigenvalue weighted by molar-refractivity contribution is 0.533. The Bertz CT molecular complexity index is 395. The van der Waals surface area contributed by atoms with Gasteiger partial charge in [-0.2, -0.15) is 0 Å². The number of anilines is 1. The molecule has 0 saturated carbocycles. The van der Waals surface area contributed by atoms with E-state index in [9.17, 15) is 0 Å². The van der Waals surface area contributed by atoms with Crippen molar-refractivity contribution >= 4 is 21.7 Å². The molecule has 2 atom stereocenters. The van der Waals surface area contributed by atoms with Crippen molar-refractivity contribution in [2.75, 3.05) is 31.1 Å². The van der Waals surface area contributed by atoms with Gasteiger partial charge >= 0.3 is 0 Å². The molecule has 3 rings (SSSR count). The zero-order valence-electron chi connectivity index (χ0n) is 9.41. The predicted octanol–water partition coefficient (Wildman–Crippen LogP) is 1.81. The van der Waals surface area contributed by atoms with Crippen molar-refractivity contribution in [3.63, 3.8) is 0 Å². The molecule has 0 spiro atoms. The number of rotatable bonds is 1. The Morgan fingerprint density at radius 3 is 2.69 bits per heavy atom. The Kier molecular flexibility index (Phi) is 2.64. The van der Waals surface area contributed by atoms with Gasteiger partial charge in [-0.1, -0.05) is 0 Å². The molecule has 2 fully saturated rings. The first-order valence-electron chi connectivity index (χ1n) is 5.82. The lowest BCUT2D eigenvalue weighted by Crippen LogP contribution is -2.26. The van der Waals surface area contributed by atoms with Crippen molar-refractivity contribution in [3.8, 4) is 0 Å². The summed E-state index contributed by atoms with van der Waals surface area (Å²) in [4.78, 5) is 6.99.